The molecule has 0 aromatic rings. The topological polar surface area (TPSA) is 92.4 Å². The van der Waals surface area contributed by atoms with Crippen LogP contribution >= 0.6 is 0 Å². The molecule has 5 nitrogen and oxygen atoms in total. The smallest absolute Gasteiger partial charge is 0.326 e. The van der Waals surface area contributed by atoms with E-state index in [1.165, 1.54) is 0 Å². The molecule has 0 aliphatic rings. The Morgan fingerprint density at radius 3 is 2.16 bits per heavy atom. The molecule has 0 aromatic heterocycles. The number of nitrogens with two attached hydrogens (primary N) is 1. The summed E-state index contributed by atoms with van der Waals surface area (Å²) < 4.78 is 0. The van der Waals surface area contributed by atoms with Gasteiger partial charge in [0.2, 0.25) is 5.91 Å². The molecule has 0 radical (unpaired) electrons. The molecule has 0 aliphatic heterocycles. The van der Waals surface area contributed by atoms with Gasteiger partial charge >= 0.3 is 5.97 Å². The maximum Gasteiger partial charge on any atom is 0.326 e. The monoisotopic (exact) mass is 272 g/mol. The summed E-state index contributed by atoms with van der Waals surface area (Å²) in [5.74, 6) is -1.07. The van der Waals surface area contributed by atoms with Crippen LogP contribution in [0, 0.1) is 11.3 Å². The van der Waals surface area contributed by atoms with Gasteiger partial charge in [0.15, 0.2) is 0 Å². The molecule has 5 heteroatoms. The summed E-state index contributed by atoms with van der Waals surface area (Å²) in [4.78, 5) is 22.8. The van der Waals surface area contributed by atoms with Gasteiger partial charge in [0.25, 0.3) is 0 Å². The van der Waals surface area contributed by atoms with E-state index in [-0.39, 0.29) is 29.7 Å². The highest BCUT2D eigenvalue weighted by molar-refractivity contribution is 5.83. The summed E-state index contributed by atoms with van der Waals surface area (Å²) in [6.07, 6.45) is 1.32. The summed E-state index contributed by atoms with van der Waals surface area (Å²) in [6, 6.07) is -1.07. The zero-order valence-electron chi connectivity index (χ0n) is 12.7. The fourth-order valence-electron chi connectivity index (χ4n) is 2.04. The van der Waals surface area contributed by atoms with E-state index in [1.54, 1.807) is 0 Å². The van der Waals surface area contributed by atoms with Crippen molar-refractivity contribution in [3.05, 3.63) is 0 Å². The van der Waals surface area contributed by atoms with Gasteiger partial charge in [-0.05, 0) is 24.2 Å². The predicted molar refractivity (Wildman–Crippen MR) is 75.7 cm³/mol. The second kappa shape index (κ2) is 7.48. The van der Waals surface area contributed by atoms with Crippen molar-refractivity contribution in [2.45, 2.75) is 66.0 Å². The maximum atomic E-state index is 11.8. The number of carboxylic acid groups (broad SMARTS) is 1. The maximum absolute atomic E-state index is 11.8. The third-order valence-electron chi connectivity index (χ3n) is 2.66. The molecule has 0 saturated carbocycles. The van der Waals surface area contributed by atoms with E-state index in [4.69, 9.17) is 10.8 Å². The lowest BCUT2D eigenvalue weighted by atomic mass is 9.87. The Balaban J connectivity index is 4.30. The average molecular weight is 272 g/mol. The van der Waals surface area contributed by atoms with Gasteiger partial charge in [-0.3, -0.25) is 4.79 Å². The molecule has 0 fully saturated rings. The molecular formula is C14H28N2O3. The number of amides is 1. The van der Waals surface area contributed by atoms with Gasteiger partial charge in [-0.15, -0.1) is 0 Å². The normalized spacial score (nSPS) is 15.1. The molecule has 0 saturated heterocycles. The van der Waals surface area contributed by atoms with Crippen LogP contribution in [0.25, 0.3) is 0 Å². The number of rotatable bonds is 7. The van der Waals surface area contributed by atoms with E-state index in [0.29, 0.717) is 6.42 Å². The van der Waals surface area contributed by atoms with E-state index in [9.17, 15) is 9.59 Å². The molecule has 0 aliphatic carbocycles. The number of hydrogen-bond acceptors (Lipinski definition) is 3. The van der Waals surface area contributed by atoms with Gasteiger partial charge in [0.1, 0.15) is 6.04 Å². The largest absolute Gasteiger partial charge is 0.480 e. The second-order valence-corrected chi connectivity index (χ2v) is 6.82. The highest BCUT2D eigenvalue weighted by Crippen LogP contribution is 2.21. The number of aliphatic carboxylic acids is 1. The Morgan fingerprint density at radius 1 is 1.26 bits per heavy atom. The van der Waals surface area contributed by atoms with E-state index in [0.717, 1.165) is 6.42 Å². The molecule has 0 heterocycles. The molecule has 4 N–H and O–H groups in total. The Kier molecular flexibility index (Phi) is 7.05. The summed E-state index contributed by atoms with van der Waals surface area (Å²) in [6.45, 7) is 10.0. The minimum atomic E-state index is -0.994. The molecule has 2 atom stereocenters. The van der Waals surface area contributed by atoms with Gasteiger partial charge in [0.05, 0.1) is 0 Å². The third kappa shape index (κ3) is 9.47. The first-order valence-corrected chi connectivity index (χ1v) is 6.79. The van der Waals surface area contributed by atoms with Crippen LogP contribution in [0.4, 0.5) is 0 Å². The second-order valence-electron chi connectivity index (χ2n) is 6.82. The fraction of sp³-hybridized carbons (Fsp3) is 0.857. The molecule has 0 rings (SSSR count). The Labute approximate surface area is 115 Å². The zero-order valence-corrected chi connectivity index (χ0v) is 12.7. The molecule has 0 aromatic carbocycles. The standard InChI is InChI=1S/C14H28N2O3/c1-9(2)6-11(13(18)19)16-12(17)7-10(15)8-14(3,4)5/h9-11H,6-8,15H2,1-5H3,(H,16,17)(H,18,19)/t10?,11-/m0/s1. The van der Waals surface area contributed by atoms with E-state index in [2.05, 4.69) is 26.1 Å². The lowest BCUT2D eigenvalue weighted by Gasteiger charge is -2.23. The molecule has 19 heavy (non-hydrogen) atoms. The van der Waals surface area contributed by atoms with Crippen molar-refractivity contribution in [1.82, 2.24) is 5.32 Å². The van der Waals surface area contributed by atoms with E-state index >= 15 is 0 Å². The minimum absolute atomic E-state index is 0.0594. The lowest BCUT2D eigenvalue weighted by Crippen LogP contribution is -2.44. The summed E-state index contributed by atoms with van der Waals surface area (Å²) in [7, 11) is 0. The van der Waals surface area contributed by atoms with Crippen molar-refractivity contribution < 1.29 is 14.7 Å². The van der Waals surface area contributed by atoms with Crippen LogP contribution in [0.3, 0.4) is 0 Å². The number of carboxylic acids is 1. The SMILES string of the molecule is CC(C)C[C@H](NC(=O)CC(N)CC(C)(C)C)C(=O)O. The van der Waals surface area contributed by atoms with Crippen LogP contribution in [0.2, 0.25) is 0 Å². The van der Waals surface area contributed by atoms with Gasteiger partial charge in [0, 0.05) is 12.5 Å². The summed E-state index contributed by atoms with van der Waals surface area (Å²) in [5, 5.41) is 11.6. The first-order chi connectivity index (χ1) is 8.51. The fourth-order valence-corrected chi connectivity index (χ4v) is 2.04. The zero-order chi connectivity index (χ0) is 15.2. The van der Waals surface area contributed by atoms with E-state index in [1.807, 2.05) is 13.8 Å². The Hall–Kier alpha value is -1.10. The van der Waals surface area contributed by atoms with Gasteiger partial charge in [-0.25, -0.2) is 4.79 Å². The average Bonchev–Trinajstić information content (AvgIpc) is 2.11. The first kappa shape index (κ1) is 17.9. The molecule has 1 amide bonds. The Bertz CT molecular complexity index is 308. The Morgan fingerprint density at radius 2 is 1.79 bits per heavy atom. The number of hydrogen-bond donors (Lipinski definition) is 3. The van der Waals surface area contributed by atoms with E-state index < -0.39 is 12.0 Å². The van der Waals surface area contributed by atoms with Crippen LogP contribution < -0.4 is 11.1 Å². The lowest BCUT2D eigenvalue weighted by molar-refractivity contribution is -0.142. The highest BCUT2D eigenvalue weighted by atomic mass is 16.4. The van der Waals surface area contributed by atoms with Crippen LogP contribution in [0.5, 0.6) is 0 Å². The molecule has 112 valence electrons. The van der Waals surface area contributed by atoms with Gasteiger partial charge in [-0.1, -0.05) is 34.6 Å². The molecule has 0 bridgehead atoms. The molecule has 1 unspecified atom stereocenters. The molecule has 0 spiro atoms. The quantitative estimate of drug-likeness (QED) is 0.658. The first-order valence-electron chi connectivity index (χ1n) is 6.79. The number of nitrogens with one attached hydrogen (secondary N) is 1. The minimum Gasteiger partial charge on any atom is -0.480 e. The van der Waals surface area contributed by atoms with Crippen molar-refractivity contribution in [1.29, 1.82) is 0 Å². The van der Waals surface area contributed by atoms with Gasteiger partial charge in [-0.2, -0.15) is 0 Å². The molecular weight excluding hydrogens is 244 g/mol. The number of carbonyl (C=O) groups is 2. The van der Waals surface area contributed by atoms with Crippen LogP contribution in [-0.4, -0.2) is 29.1 Å². The van der Waals surface area contributed by atoms with Crippen molar-refractivity contribution in [2.75, 3.05) is 0 Å². The van der Waals surface area contributed by atoms with Crippen molar-refractivity contribution in [2.24, 2.45) is 17.1 Å². The van der Waals surface area contributed by atoms with Crippen molar-refractivity contribution in [3.8, 4) is 0 Å². The van der Waals surface area contributed by atoms with Gasteiger partial charge < -0.3 is 16.2 Å². The van der Waals surface area contributed by atoms with Crippen molar-refractivity contribution >= 4 is 11.9 Å². The predicted octanol–water partition coefficient (Wildman–Crippen LogP) is 1.76. The third-order valence-corrected chi connectivity index (χ3v) is 2.66. The highest BCUT2D eigenvalue weighted by Gasteiger charge is 2.23. The van der Waals surface area contributed by atoms with Crippen molar-refractivity contribution in [3.63, 3.8) is 0 Å². The van der Waals surface area contributed by atoms with Crippen LogP contribution in [0.15, 0.2) is 0 Å². The summed E-state index contributed by atoms with van der Waals surface area (Å²) in [5.41, 5.74) is 5.96. The van der Waals surface area contributed by atoms with Crippen LogP contribution in [-0.2, 0) is 9.59 Å². The van der Waals surface area contributed by atoms with Crippen LogP contribution in [0.1, 0.15) is 53.9 Å². The summed E-state index contributed by atoms with van der Waals surface area (Å²) >= 11 is 0. The number of carbonyl (C=O) groups excluding carboxylic acids is 1.